The number of aryl methyl sites for hydroxylation is 1. The van der Waals surface area contributed by atoms with Crippen molar-refractivity contribution in [3.8, 4) is 5.75 Å². The Labute approximate surface area is 194 Å². The Morgan fingerprint density at radius 2 is 1.75 bits per heavy atom. The van der Waals surface area contributed by atoms with Crippen molar-refractivity contribution in [3.05, 3.63) is 93.2 Å². The number of aliphatic hydroxyl groups excluding tert-OH is 1. The van der Waals surface area contributed by atoms with Crippen LogP contribution >= 0.6 is 23.2 Å². The molecule has 1 fully saturated rings. The molecule has 162 valence electrons. The zero-order valence-electron chi connectivity index (χ0n) is 17.2. The summed E-state index contributed by atoms with van der Waals surface area (Å²) in [7, 11) is 1.48. The quantitative estimate of drug-likeness (QED) is 0.317. The number of hydrogen-bond donors (Lipinski definition) is 1. The molecule has 32 heavy (non-hydrogen) atoms. The molecule has 6 nitrogen and oxygen atoms in total. The number of aliphatic hydroxyl groups is 1. The summed E-state index contributed by atoms with van der Waals surface area (Å²) >= 11 is 12.6. The van der Waals surface area contributed by atoms with Gasteiger partial charge in [0.1, 0.15) is 11.5 Å². The lowest BCUT2D eigenvalue weighted by Gasteiger charge is -2.25. The minimum Gasteiger partial charge on any atom is -0.507 e. The number of rotatable bonds is 4. The van der Waals surface area contributed by atoms with E-state index in [0.717, 1.165) is 5.56 Å². The van der Waals surface area contributed by atoms with Gasteiger partial charge in [0.05, 0.1) is 23.7 Å². The Balaban J connectivity index is 1.97. The van der Waals surface area contributed by atoms with Gasteiger partial charge in [-0.25, -0.2) is 0 Å². The SMILES string of the molecule is COc1ccc(Cl)c(/C(O)=C2\C(=O)C(=O)N(c3ccc(C)c(Cl)c3)C2c2ccncc2)c1. The first-order valence-corrected chi connectivity index (χ1v) is 10.4. The number of carbonyl (C=O) groups excluding carboxylic acids is 2. The van der Waals surface area contributed by atoms with E-state index in [9.17, 15) is 14.7 Å². The zero-order valence-corrected chi connectivity index (χ0v) is 18.7. The number of Topliss-reactive ketones (excluding diaryl/α,β-unsaturated/α-hetero) is 1. The summed E-state index contributed by atoms with van der Waals surface area (Å²) in [5.41, 5.74) is 1.95. The Bertz CT molecular complexity index is 1260. The molecule has 1 amide bonds. The average molecular weight is 469 g/mol. The van der Waals surface area contributed by atoms with E-state index in [4.69, 9.17) is 27.9 Å². The third kappa shape index (κ3) is 3.72. The molecule has 2 heterocycles. The maximum Gasteiger partial charge on any atom is 0.300 e. The molecule has 0 radical (unpaired) electrons. The van der Waals surface area contributed by atoms with E-state index in [0.29, 0.717) is 22.0 Å². The number of hydrogen-bond acceptors (Lipinski definition) is 5. The van der Waals surface area contributed by atoms with E-state index in [2.05, 4.69) is 4.98 Å². The molecule has 1 aliphatic heterocycles. The molecular formula is C24H18Cl2N2O4. The van der Waals surface area contributed by atoms with Crippen LogP contribution in [-0.4, -0.2) is 28.9 Å². The number of halogens is 2. The highest BCUT2D eigenvalue weighted by Gasteiger charge is 2.47. The topological polar surface area (TPSA) is 79.7 Å². The van der Waals surface area contributed by atoms with Crippen LogP contribution in [0.4, 0.5) is 5.69 Å². The Morgan fingerprint density at radius 1 is 1.03 bits per heavy atom. The largest absolute Gasteiger partial charge is 0.507 e. The molecule has 1 unspecified atom stereocenters. The molecular weight excluding hydrogens is 451 g/mol. The molecule has 0 saturated carbocycles. The van der Waals surface area contributed by atoms with Gasteiger partial charge >= 0.3 is 0 Å². The standard InChI is InChI=1S/C24H18Cl2N2O4/c1-13-3-4-15(11-19(13)26)28-21(14-7-9-27-10-8-14)20(23(30)24(28)31)22(29)17-12-16(32-2)5-6-18(17)25/h3-12,21,29H,1-2H3/b22-20+. The van der Waals surface area contributed by atoms with Gasteiger partial charge < -0.3 is 9.84 Å². The first kappa shape index (κ1) is 21.9. The number of carbonyl (C=O) groups is 2. The molecule has 1 aromatic heterocycles. The zero-order chi connectivity index (χ0) is 23.0. The summed E-state index contributed by atoms with van der Waals surface area (Å²) in [5.74, 6) is -1.57. The monoisotopic (exact) mass is 468 g/mol. The van der Waals surface area contributed by atoms with Crippen molar-refractivity contribution >= 4 is 46.3 Å². The van der Waals surface area contributed by atoms with E-state index in [-0.39, 0.29) is 16.2 Å². The molecule has 4 rings (SSSR count). The number of ether oxygens (including phenoxy) is 1. The lowest BCUT2D eigenvalue weighted by molar-refractivity contribution is -0.132. The fraction of sp³-hybridized carbons (Fsp3) is 0.125. The maximum absolute atomic E-state index is 13.2. The van der Waals surface area contributed by atoms with Gasteiger partial charge in [-0.1, -0.05) is 29.3 Å². The molecule has 0 spiro atoms. The van der Waals surface area contributed by atoms with Crippen LogP contribution in [0, 0.1) is 6.92 Å². The number of ketones is 1. The van der Waals surface area contributed by atoms with Crippen LogP contribution < -0.4 is 9.64 Å². The smallest absolute Gasteiger partial charge is 0.300 e. The third-order valence-corrected chi connectivity index (χ3v) is 6.07. The number of methoxy groups -OCH3 is 1. The van der Waals surface area contributed by atoms with Gasteiger partial charge in [0.2, 0.25) is 0 Å². The van der Waals surface area contributed by atoms with Gasteiger partial charge in [-0.3, -0.25) is 19.5 Å². The van der Waals surface area contributed by atoms with Crippen molar-refractivity contribution in [1.29, 1.82) is 0 Å². The van der Waals surface area contributed by atoms with Crippen LogP contribution in [-0.2, 0) is 9.59 Å². The minimum absolute atomic E-state index is 0.0898. The fourth-order valence-corrected chi connectivity index (χ4v) is 4.03. The summed E-state index contributed by atoms with van der Waals surface area (Å²) in [6, 6.07) is 12.2. The highest BCUT2D eigenvalue weighted by atomic mass is 35.5. The predicted molar refractivity (Wildman–Crippen MR) is 123 cm³/mol. The Kier molecular flexibility index (Phi) is 5.91. The van der Waals surface area contributed by atoms with Gasteiger partial charge in [0.15, 0.2) is 0 Å². The van der Waals surface area contributed by atoms with Gasteiger partial charge in [-0.05, 0) is 60.5 Å². The second-order valence-electron chi connectivity index (χ2n) is 7.23. The summed E-state index contributed by atoms with van der Waals surface area (Å²) < 4.78 is 5.22. The molecule has 1 N–H and O–H groups in total. The molecule has 1 saturated heterocycles. The normalized spacial score (nSPS) is 17.6. The van der Waals surface area contributed by atoms with E-state index in [1.807, 2.05) is 6.92 Å². The summed E-state index contributed by atoms with van der Waals surface area (Å²) in [6.07, 6.45) is 3.10. The first-order chi connectivity index (χ1) is 15.3. The first-order valence-electron chi connectivity index (χ1n) is 9.64. The van der Waals surface area contributed by atoms with Crippen LogP contribution in [0.25, 0.3) is 5.76 Å². The molecule has 0 aliphatic carbocycles. The number of anilines is 1. The predicted octanol–water partition coefficient (Wildman–Crippen LogP) is 5.33. The summed E-state index contributed by atoms with van der Waals surface area (Å²) in [5, 5.41) is 11.9. The van der Waals surface area contributed by atoms with Crippen molar-refractivity contribution in [2.75, 3.05) is 12.0 Å². The summed E-state index contributed by atoms with van der Waals surface area (Å²) in [6.45, 7) is 1.84. The van der Waals surface area contributed by atoms with Gasteiger partial charge in [0.25, 0.3) is 11.7 Å². The number of benzene rings is 2. The Hall–Kier alpha value is -3.35. The van der Waals surface area contributed by atoms with Crippen molar-refractivity contribution in [2.24, 2.45) is 0 Å². The van der Waals surface area contributed by atoms with Crippen molar-refractivity contribution in [1.82, 2.24) is 4.98 Å². The number of aromatic nitrogens is 1. The van der Waals surface area contributed by atoms with Crippen molar-refractivity contribution < 1.29 is 19.4 Å². The van der Waals surface area contributed by atoms with Crippen LogP contribution in [0.2, 0.25) is 10.0 Å². The minimum atomic E-state index is -0.904. The molecule has 0 bridgehead atoms. The van der Waals surface area contributed by atoms with Crippen molar-refractivity contribution in [3.63, 3.8) is 0 Å². The van der Waals surface area contributed by atoms with E-state index in [1.54, 1.807) is 54.9 Å². The van der Waals surface area contributed by atoms with E-state index in [1.165, 1.54) is 18.1 Å². The van der Waals surface area contributed by atoms with Crippen LogP contribution in [0.15, 0.2) is 66.5 Å². The molecule has 8 heteroatoms. The lowest BCUT2D eigenvalue weighted by Crippen LogP contribution is -2.29. The van der Waals surface area contributed by atoms with E-state index < -0.39 is 23.5 Å². The lowest BCUT2D eigenvalue weighted by atomic mass is 9.95. The summed E-state index contributed by atoms with van der Waals surface area (Å²) in [4.78, 5) is 31.7. The highest BCUT2D eigenvalue weighted by Crippen LogP contribution is 2.43. The molecule has 2 aromatic carbocycles. The van der Waals surface area contributed by atoms with Crippen molar-refractivity contribution in [2.45, 2.75) is 13.0 Å². The van der Waals surface area contributed by atoms with Crippen LogP contribution in [0.1, 0.15) is 22.7 Å². The number of pyridine rings is 1. The molecule has 1 aliphatic rings. The maximum atomic E-state index is 13.2. The highest BCUT2D eigenvalue weighted by molar-refractivity contribution is 6.52. The number of nitrogens with zero attached hydrogens (tertiary/aromatic N) is 2. The fourth-order valence-electron chi connectivity index (χ4n) is 3.65. The third-order valence-electron chi connectivity index (χ3n) is 5.33. The van der Waals surface area contributed by atoms with Gasteiger partial charge in [0, 0.05) is 28.7 Å². The van der Waals surface area contributed by atoms with Gasteiger partial charge in [-0.15, -0.1) is 0 Å². The Morgan fingerprint density at radius 3 is 2.41 bits per heavy atom. The average Bonchev–Trinajstić information content (AvgIpc) is 3.07. The van der Waals surface area contributed by atoms with Crippen LogP contribution in [0.5, 0.6) is 5.75 Å². The van der Waals surface area contributed by atoms with Crippen LogP contribution in [0.3, 0.4) is 0 Å². The van der Waals surface area contributed by atoms with E-state index >= 15 is 0 Å². The second kappa shape index (κ2) is 8.65. The van der Waals surface area contributed by atoms with Gasteiger partial charge in [-0.2, -0.15) is 0 Å². The molecule has 3 aromatic rings. The second-order valence-corrected chi connectivity index (χ2v) is 8.04. The molecule has 1 atom stereocenters. The number of amides is 1.